The molecule has 0 aliphatic carbocycles. The van der Waals surface area contributed by atoms with Crippen molar-refractivity contribution in [2.45, 2.75) is 6.92 Å². The van der Waals surface area contributed by atoms with E-state index in [1.165, 1.54) is 5.39 Å². The van der Waals surface area contributed by atoms with Gasteiger partial charge in [0.1, 0.15) is 11.6 Å². The highest BCUT2D eigenvalue weighted by Gasteiger charge is 2.12. The number of nitrogens with one attached hydrogen (secondary N) is 1. The predicted octanol–water partition coefficient (Wildman–Crippen LogP) is 3.97. The van der Waals surface area contributed by atoms with Crippen molar-refractivity contribution in [2.24, 2.45) is 7.05 Å². The van der Waals surface area contributed by atoms with Crippen molar-refractivity contribution in [1.82, 2.24) is 9.88 Å². The summed E-state index contributed by atoms with van der Waals surface area (Å²) in [6, 6.07) is 18.7. The molecule has 1 aromatic heterocycles. The van der Waals surface area contributed by atoms with Crippen molar-refractivity contribution in [2.75, 3.05) is 38.8 Å². The lowest BCUT2D eigenvalue weighted by Crippen LogP contribution is -2.28. The number of benzene rings is 2. The Morgan fingerprint density at radius 1 is 1.16 bits per heavy atom. The highest BCUT2D eigenvalue weighted by Crippen LogP contribution is 2.28. The summed E-state index contributed by atoms with van der Waals surface area (Å²) in [7, 11) is 6.00. The Morgan fingerprint density at radius 2 is 1.90 bits per heavy atom. The number of hydrogen-bond acceptors (Lipinski definition) is 4. The Bertz CT molecular complexity index is 1150. The van der Waals surface area contributed by atoms with Crippen molar-refractivity contribution in [3.05, 3.63) is 59.8 Å². The second-order valence-corrected chi connectivity index (χ2v) is 7.47. The average molecular weight is 417 g/mol. The lowest BCUT2D eigenvalue weighted by atomic mass is 10.0. The lowest BCUT2D eigenvalue weighted by Gasteiger charge is -2.13. The van der Waals surface area contributed by atoms with Gasteiger partial charge in [0.25, 0.3) is 5.91 Å². The maximum absolute atomic E-state index is 12.3. The predicted molar refractivity (Wildman–Crippen MR) is 126 cm³/mol. The van der Waals surface area contributed by atoms with Crippen LogP contribution in [-0.2, 0) is 16.6 Å². The van der Waals surface area contributed by atoms with Crippen LogP contribution in [0.4, 0.5) is 5.69 Å². The summed E-state index contributed by atoms with van der Waals surface area (Å²) in [5.41, 5.74) is 4.11. The van der Waals surface area contributed by atoms with E-state index in [9.17, 15) is 10.1 Å². The van der Waals surface area contributed by atoms with Crippen LogP contribution in [0.15, 0.2) is 54.1 Å². The molecule has 0 radical (unpaired) electrons. The largest absolute Gasteiger partial charge is 0.380 e. The van der Waals surface area contributed by atoms with E-state index in [1.807, 2.05) is 50.8 Å². The van der Waals surface area contributed by atoms with Gasteiger partial charge in [-0.1, -0.05) is 18.2 Å². The SMILES string of the molecule is CCOCCNC(=O)/C(C#N)=C/c1ccc(-c2ccc3cc(N(C)C)ccc3c2)n1C. The van der Waals surface area contributed by atoms with Crippen LogP contribution in [0.2, 0.25) is 0 Å². The number of rotatable bonds is 8. The zero-order valence-corrected chi connectivity index (χ0v) is 18.5. The number of ether oxygens (including phenoxy) is 1. The summed E-state index contributed by atoms with van der Waals surface area (Å²) < 4.78 is 7.20. The Hall–Kier alpha value is -3.56. The first-order valence-electron chi connectivity index (χ1n) is 10.3. The third kappa shape index (κ3) is 5.14. The minimum atomic E-state index is -0.396. The van der Waals surface area contributed by atoms with Crippen LogP contribution in [0.1, 0.15) is 12.6 Å². The summed E-state index contributed by atoms with van der Waals surface area (Å²) >= 11 is 0. The molecular weight excluding hydrogens is 388 g/mol. The van der Waals surface area contributed by atoms with Gasteiger partial charge >= 0.3 is 0 Å². The number of anilines is 1. The van der Waals surface area contributed by atoms with Crippen LogP contribution < -0.4 is 10.2 Å². The van der Waals surface area contributed by atoms with E-state index in [4.69, 9.17) is 4.74 Å². The van der Waals surface area contributed by atoms with Gasteiger partial charge in [-0.3, -0.25) is 4.79 Å². The Morgan fingerprint density at radius 3 is 2.61 bits per heavy atom. The molecule has 6 heteroatoms. The Balaban J connectivity index is 1.85. The van der Waals surface area contributed by atoms with E-state index < -0.39 is 5.91 Å². The number of amides is 1. The number of nitrogens with zero attached hydrogens (tertiary/aromatic N) is 3. The Kier molecular flexibility index (Phi) is 7.11. The quantitative estimate of drug-likeness (QED) is 0.343. The monoisotopic (exact) mass is 416 g/mol. The van der Waals surface area contributed by atoms with Crippen LogP contribution in [0.5, 0.6) is 0 Å². The fourth-order valence-corrected chi connectivity index (χ4v) is 3.41. The molecular formula is C25H28N4O2. The molecule has 0 fully saturated rings. The summed E-state index contributed by atoms with van der Waals surface area (Å²) in [6.45, 7) is 3.28. The highest BCUT2D eigenvalue weighted by molar-refractivity contribution is 6.01. The van der Waals surface area contributed by atoms with Gasteiger partial charge < -0.3 is 19.5 Å². The molecule has 0 bridgehead atoms. The molecule has 160 valence electrons. The normalized spacial score (nSPS) is 11.4. The van der Waals surface area contributed by atoms with Crippen molar-refractivity contribution in [3.63, 3.8) is 0 Å². The minimum Gasteiger partial charge on any atom is -0.380 e. The lowest BCUT2D eigenvalue weighted by molar-refractivity contribution is -0.117. The average Bonchev–Trinajstić information content (AvgIpc) is 3.14. The van der Waals surface area contributed by atoms with E-state index in [2.05, 4.69) is 46.6 Å². The number of hydrogen-bond donors (Lipinski definition) is 1. The van der Waals surface area contributed by atoms with Gasteiger partial charge in [-0.15, -0.1) is 0 Å². The summed E-state index contributed by atoms with van der Waals surface area (Å²) in [5.74, 6) is -0.396. The van der Waals surface area contributed by atoms with E-state index >= 15 is 0 Å². The molecule has 0 saturated heterocycles. The number of aromatic nitrogens is 1. The molecule has 0 atom stereocenters. The number of carbonyl (C=O) groups is 1. The van der Waals surface area contributed by atoms with Crippen LogP contribution in [0.25, 0.3) is 28.1 Å². The van der Waals surface area contributed by atoms with Crippen LogP contribution in [-0.4, -0.2) is 44.3 Å². The third-order valence-electron chi connectivity index (χ3n) is 5.19. The Labute approximate surface area is 183 Å². The molecule has 0 saturated carbocycles. The molecule has 0 aliphatic heterocycles. The molecule has 6 nitrogen and oxygen atoms in total. The van der Waals surface area contributed by atoms with Gasteiger partial charge in [-0.05, 0) is 59.7 Å². The smallest absolute Gasteiger partial charge is 0.262 e. The van der Waals surface area contributed by atoms with Crippen molar-refractivity contribution in [3.8, 4) is 17.3 Å². The van der Waals surface area contributed by atoms with Crippen LogP contribution >= 0.6 is 0 Å². The molecule has 1 N–H and O–H groups in total. The first-order valence-corrected chi connectivity index (χ1v) is 10.3. The van der Waals surface area contributed by atoms with E-state index in [0.29, 0.717) is 19.8 Å². The zero-order chi connectivity index (χ0) is 22.4. The number of fused-ring (bicyclic) bond motifs is 1. The molecule has 2 aromatic carbocycles. The van der Waals surface area contributed by atoms with Crippen molar-refractivity contribution < 1.29 is 9.53 Å². The van der Waals surface area contributed by atoms with Crippen molar-refractivity contribution in [1.29, 1.82) is 5.26 Å². The molecule has 1 amide bonds. The third-order valence-corrected chi connectivity index (χ3v) is 5.19. The topological polar surface area (TPSA) is 70.3 Å². The molecule has 0 aliphatic rings. The van der Waals surface area contributed by atoms with Gasteiger partial charge in [0, 0.05) is 51.4 Å². The van der Waals surface area contributed by atoms with Crippen molar-refractivity contribution >= 4 is 28.4 Å². The zero-order valence-electron chi connectivity index (χ0n) is 18.5. The first-order chi connectivity index (χ1) is 14.9. The van der Waals surface area contributed by atoms with Crippen LogP contribution in [0.3, 0.4) is 0 Å². The fraction of sp³-hybridized carbons (Fsp3) is 0.280. The highest BCUT2D eigenvalue weighted by atomic mass is 16.5. The van der Waals surface area contributed by atoms with E-state index in [-0.39, 0.29) is 5.57 Å². The second kappa shape index (κ2) is 9.96. The summed E-state index contributed by atoms with van der Waals surface area (Å²) in [4.78, 5) is 14.4. The second-order valence-electron chi connectivity index (χ2n) is 7.47. The maximum Gasteiger partial charge on any atom is 0.262 e. The van der Waals surface area contributed by atoms with Gasteiger partial charge in [0.2, 0.25) is 0 Å². The van der Waals surface area contributed by atoms with Gasteiger partial charge in [-0.25, -0.2) is 0 Å². The standard InChI is InChI=1S/C25H28N4O2/c1-5-31-13-12-27-25(30)21(17-26)16-23-10-11-24(29(23)4)20-7-6-19-15-22(28(2)3)9-8-18(19)14-20/h6-11,14-16H,5,12-13H2,1-4H3,(H,27,30)/b21-16+. The molecule has 3 rings (SSSR count). The summed E-state index contributed by atoms with van der Waals surface area (Å²) in [5, 5.41) is 14.5. The molecule has 0 unspecified atom stereocenters. The molecule has 0 spiro atoms. The number of nitriles is 1. The molecule has 31 heavy (non-hydrogen) atoms. The minimum absolute atomic E-state index is 0.0685. The van der Waals surface area contributed by atoms with Gasteiger partial charge in [0.05, 0.1) is 6.61 Å². The van der Waals surface area contributed by atoms with E-state index in [0.717, 1.165) is 28.0 Å². The van der Waals surface area contributed by atoms with Crippen LogP contribution in [0, 0.1) is 11.3 Å². The fourth-order valence-electron chi connectivity index (χ4n) is 3.41. The van der Waals surface area contributed by atoms with Gasteiger partial charge in [-0.2, -0.15) is 5.26 Å². The van der Waals surface area contributed by atoms with E-state index in [1.54, 1.807) is 6.08 Å². The molecule has 3 aromatic rings. The molecule has 1 heterocycles. The number of carbonyl (C=O) groups excluding carboxylic acids is 1. The summed E-state index contributed by atoms with van der Waals surface area (Å²) in [6.07, 6.45) is 1.61. The first kappa shape index (κ1) is 22.1. The van der Waals surface area contributed by atoms with Gasteiger partial charge in [0.15, 0.2) is 0 Å². The maximum atomic E-state index is 12.3.